The van der Waals surface area contributed by atoms with Crippen molar-refractivity contribution < 1.29 is 39.8 Å². The molecular formula is C53H101NO8. The first kappa shape index (κ1) is 58.7. The molecule has 1 fully saturated rings. The number of aliphatic hydroxyl groups is 5. The minimum absolute atomic E-state index is 0.182. The molecule has 0 radical (unpaired) electrons. The first-order valence-corrected chi connectivity index (χ1v) is 26.6. The molecule has 366 valence electrons. The van der Waals surface area contributed by atoms with Gasteiger partial charge >= 0.3 is 0 Å². The highest BCUT2D eigenvalue weighted by Crippen LogP contribution is 2.23. The van der Waals surface area contributed by atoms with E-state index in [1.165, 1.54) is 173 Å². The highest BCUT2D eigenvalue weighted by molar-refractivity contribution is 5.76. The summed E-state index contributed by atoms with van der Waals surface area (Å²) >= 11 is 0. The molecule has 1 aliphatic rings. The van der Waals surface area contributed by atoms with Crippen LogP contribution in [0.25, 0.3) is 0 Å². The summed E-state index contributed by atoms with van der Waals surface area (Å²) in [6.07, 6.45) is 46.6. The quantitative estimate of drug-likeness (QED) is 0.0262. The predicted octanol–water partition coefficient (Wildman–Crippen LogP) is 12.2. The van der Waals surface area contributed by atoms with Crippen LogP contribution in [0, 0.1) is 0 Å². The van der Waals surface area contributed by atoms with E-state index in [1.54, 1.807) is 6.08 Å². The largest absolute Gasteiger partial charge is 0.394 e. The lowest BCUT2D eigenvalue weighted by Crippen LogP contribution is -2.60. The van der Waals surface area contributed by atoms with Gasteiger partial charge in [-0.25, -0.2) is 0 Å². The number of aliphatic hydroxyl groups excluding tert-OH is 5. The molecule has 0 aromatic carbocycles. The van der Waals surface area contributed by atoms with Crippen molar-refractivity contribution in [2.24, 2.45) is 0 Å². The van der Waals surface area contributed by atoms with Gasteiger partial charge in [-0.1, -0.05) is 224 Å². The maximum Gasteiger partial charge on any atom is 0.220 e. The fourth-order valence-electron chi connectivity index (χ4n) is 8.51. The summed E-state index contributed by atoms with van der Waals surface area (Å²) in [5, 5.41) is 54.4. The zero-order chi connectivity index (χ0) is 45.1. The number of hydrogen-bond acceptors (Lipinski definition) is 8. The molecule has 1 heterocycles. The Morgan fingerprint density at radius 2 is 0.903 bits per heavy atom. The average Bonchev–Trinajstić information content (AvgIpc) is 3.27. The van der Waals surface area contributed by atoms with Crippen molar-refractivity contribution in [2.75, 3.05) is 13.2 Å². The number of carbonyl (C=O) groups excluding carboxylic acids is 1. The van der Waals surface area contributed by atoms with Crippen LogP contribution in [0.2, 0.25) is 0 Å². The molecule has 0 aromatic rings. The molecule has 7 atom stereocenters. The Morgan fingerprint density at radius 1 is 0.532 bits per heavy atom. The lowest BCUT2D eigenvalue weighted by molar-refractivity contribution is -0.302. The van der Waals surface area contributed by atoms with Crippen molar-refractivity contribution in [1.29, 1.82) is 0 Å². The van der Waals surface area contributed by atoms with E-state index in [2.05, 4.69) is 31.3 Å². The molecule has 0 bridgehead atoms. The zero-order valence-electron chi connectivity index (χ0n) is 40.4. The van der Waals surface area contributed by atoms with Crippen LogP contribution in [0.15, 0.2) is 24.3 Å². The minimum atomic E-state index is -1.57. The number of nitrogens with one attached hydrogen (secondary N) is 1. The van der Waals surface area contributed by atoms with E-state index in [9.17, 15) is 30.3 Å². The summed E-state index contributed by atoms with van der Waals surface area (Å²) in [7, 11) is 0. The Labute approximate surface area is 381 Å². The van der Waals surface area contributed by atoms with E-state index in [0.717, 1.165) is 57.8 Å². The van der Waals surface area contributed by atoms with Gasteiger partial charge in [-0.2, -0.15) is 0 Å². The molecule has 0 aliphatic carbocycles. The third-order valence-corrected chi connectivity index (χ3v) is 12.8. The first-order valence-electron chi connectivity index (χ1n) is 26.6. The molecule has 62 heavy (non-hydrogen) atoms. The highest BCUT2D eigenvalue weighted by atomic mass is 16.7. The second-order valence-corrected chi connectivity index (χ2v) is 18.7. The molecule has 0 aromatic heterocycles. The number of hydrogen-bond donors (Lipinski definition) is 6. The third kappa shape index (κ3) is 33.2. The summed E-state index contributed by atoms with van der Waals surface area (Å²) < 4.78 is 11.2. The standard InChI is InChI=1S/C53H101NO8/c1-3-5-7-9-11-13-15-17-19-21-23-24-25-26-28-30-32-34-36-38-40-42-47(56)46(45-61-53-52(60)51(59)50(58)48(44-55)62-53)54-49(57)43-41-39-37-35-33-31-29-27-22-20-18-16-14-12-10-8-6-4-2/h27,29,40,42,46-48,50-53,55-56,58-60H,3-26,28,30-39,41,43-45H2,1-2H3,(H,54,57)/b29-27-,42-40+. The highest BCUT2D eigenvalue weighted by Gasteiger charge is 2.44. The zero-order valence-corrected chi connectivity index (χ0v) is 40.4. The summed E-state index contributed by atoms with van der Waals surface area (Å²) in [6.45, 7) is 3.80. The van der Waals surface area contributed by atoms with E-state index >= 15 is 0 Å². The van der Waals surface area contributed by atoms with E-state index < -0.39 is 49.5 Å². The van der Waals surface area contributed by atoms with Crippen LogP contribution < -0.4 is 5.32 Å². The Bertz CT molecular complexity index is 1020. The van der Waals surface area contributed by atoms with Gasteiger partial charge in [-0.3, -0.25) is 4.79 Å². The van der Waals surface area contributed by atoms with Gasteiger partial charge in [0.1, 0.15) is 24.4 Å². The molecule has 1 saturated heterocycles. The van der Waals surface area contributed by atoms with Crippen molar-refractivity contribution in [3.05, 3.63) is 24.3 Å². The molecule has 0 spiro atoms. The SMILES string of the molecule is CCCCCCCCCCC/C=C\CCCCCCCC(=O)NC(COC1OC(CO)C(O)C(O)C1O)C(O)/C=C/CCCCCCCCCCCCCCCCCCCCC. The van der Waals surface area contributed by atoms with Crippen molar-refractivity contribution in [3.63, 3.8) is 0 Å². The molecule has 0 saturated carbocycles. The van der Waals surface area contributed by atoms with Crippen LogP contribution in [0.4, 0.5) is 0 Å². The molecule has 9 heteroatoms. The van der Waals surface area contributed by atoms with E-state index in [0.29, 0.717) is 6.42 Å². The third-order valence-electron chi connectivity index (χ3n) is 12.8. The molecule has 1 aliphatic heterocycles. The fraction of sp³-hybridized carbons (Fsp3) is 0.906. The molecule has 1 amide bonds. The number of amides is 1. The Hall–Kier alpha value is -1.33. The second-order valence-electron chi connectivity index (χ2n) is 18.7. The van der Waals surface area contributed by atoms with Crippen molar-refractivity contribution in [1.82, 2.24) is 5.32 Å². The van der Waals surface area contributed by atoms with Crippen LogP contribution >= 0.6 is 0 Å². The maximum absolute atomic E-state index is 13.0. The first-order chi connectivity index (χ1) is 30.3. The van der Waals surface area contributed by atoms with Gasteiger partial charge in [0.15, 0.2) is 6.29 Å². The Kier molecular flexibility index (Phi) is 41.2. The molecule has 9 nitrogen and oxygen atoms in total. The van der Waals surface area contributed by atoms with Crippen LogP contribution in [-0.4, -0.2) is 87.5 Å². The monoisotopic (exact) mass is 880 g/mol. The van der Waals surface area contributed by atoms with Gasteiger partial charge in [-0.15, -0.1) is 0 Å². The molecule has 7 unspecified atom stereocenters. The van der Waals surface area contributed by atoms with Crippen molar-refractivity contribution >= 4 is 5.91 Å². The van der Waals surface area contributed by atoms with Crippen LogP contribution in [0.5, 0.6) is 0 Å². The Morgan fingerprint density at radius 3 is 1.31 bits per heavy atom. The summed E-state index contributed by atoms with van der Waals surface area (Å²) in [4.78, 5) is 13.0. The van der Waals surface area contributed by atoms with Crippen LogP contribution in [0.1, 0.15) is 251 Å². The van der Waals surface area contributed by atoms with Crippen molar-refractivity contribution in [3.8, 4) is 0 Å². The summed E-state index contributed by atoms with van der Waals surface area (Å²) in [5.74, 6) is -0.182. The lowest BCUT2D eigenvalue weighted by Gasteiger charge is -2.40. The van der Waals surface area contributed by atoms with Gasteiger partial charge in [0.05, 0.1) is 25.4 Å². The number of carbonyl (C=O) groups is 1. The summed E-state index contributed by atoms with van der Waals surface area (Å²) in [5.41, 5.74) is 0. The minimum Gasteiger partial charge on any atom is -0.394 e. The second kappa shape index (κ2) is 43.6. The maximum atomic E-state index is 13.0. The normalized spacial score (nSPS) is 20.4. The smallest absolute Gasteiger partial charge is 0.220 e. The number of allylic oxidation sites excluding steroid dienone is 3. The average molecular weight is 880 g/mol. The Balaban J connectivity index is 2.29. The van der Waals surface area contributed by atoms with E-state index in [1.807, 2.05) is 6.08 Å². The van der Waals surface area contributed by atoms with Crippen molar-refractivity contribution in [2.45, 2.75) is 294 Å². The van der Waals surface area contributed by atoms with Crippen LogP contribution in [-0.2, 0) is 14.3 Å². The molecule has 6 N–H and O–H groups in total. The van der Waals surface area contributed by atoms with Gasteiger partial charge in [0.2, 0.25) is 5.91 Å². The number of rotatable bonds is 45. The van der Waals surface area contributed by atoms with E-state index in [4.69, 9.17) is 9.47 Å². The van der Waals surface area contributed by atoms with Gasteiger partial charge in [0.25, 0.3) is 0 Å². The molecule has 1 rings (SSSR count). The molecular weight excluding hydrogens is 779 g/mol. The van der Waals surface area contributed by atoms with E-state index in [-0.39, 0.29) is 12.5 Å². The van der Waals surface area contributed by atoms with Gasteiger partial charge in [0, 0.05) is 6.42 Å². The lowest BCUT2D eigenvalue weighted by atomic mass is 9.99. The van der Waals surface area contributed by atoms with Crippen LogP contribution in [0.3, 0.4) is 0 Å². The topological polar surface area (TPSA) is 149 Å². The summed E-state index contributed by atoms with van der Waals surface area (Å²) in [6, 6.07) is -0.807. The van der Waals surface area contributed by atoms with Gasteiger partial charge < -0.3 is 40.3 Å². The predicted molar refractivity (Wildman–Crippen MR) is 258 cm³/mol. The number of ether oxygens (including phenoxy) is 2. The fourth-order valence-corrected chi connectivity index (χ4v) is 8.51. The number of unbranched alkanes of at least 4 members (excludes halogenated alkanes) is 33. The van der Waals surface area contributed by atoms with Gasteiger partial charge in [-0.05, 0) is 44.9 Å².